The van der Waals surface area contributed by atoms with E-state index in [4.69, 9.17) is 4.74 Å². The van der Waals surface area contributed by atoms with Gasteiger partial charge in [-0.1, -0.05) is 48.5 Å². The van der Waals surface area contributed by atoms with Crippen LogP contribution in [-0.2, 0) is 21.3 Å². The van der Waals surface area contributed by atoms with Crippen molar-refractivity contribution < 1.29 is 22.7 Å². The SMILES string of the molecule is COC(=O)Nc1ccc(S(=O)(=O)N(Cc2ccccc2)c2ccc(Oc3ccccc3)cc2)cc1. The molecule has 0 aliphatic rings. The number of ether oxygens (including phenoxy) is 2. The van der Waals surface area contributed by atoms with Crippen LogP contribution in [0.4, 0.5) is 16.2 Å². The van der Waals surface area contributed by atoms with Crippen molar-refractivity contribution in [3.63, 3.8) is 0 Å². The number of nitrogens with zero attached hydrogens (tertiary/aromatic N) is 1. The number of rotatable bonds is 8. The van der Waals surface area contributed by atoms with Crippen LogP contribution in [0.5, 0.6) is 11.5 Å². The Kier molecular flexibility index (Phi) is 7.32. The highest BCUT2D eigenvalue weighted by Gasteiger charge is 2.25. The van der Waals surface area contributed by atoms with Crippen LogP contribution in [-0.4, -0.2) is 21.6 Å². The molecule has 4 aromatic carbocycles. The molecule has 0 radical (unpaired) electrons. The Labute approximate surface area is 204 Å². The number of nitrogens with one attached hydrogen (secondary N) is 1. The predicted octanol–water partition coefficient (Wildman–Crippen LogP) is 6.05. The van der Waals surface area contributed by atoms with Gasteiger partial charge in [-0.15, -0.1) is 0 Å². The summed E-state index contributed by atoms with van der Waals surface area (Å²) in [6, 6.07) is 31.5. The average Bonchev–Trinajstić information content (AvgIpc) is 2.89. The lowest BCUT2D eigenvalue weighted by atomic mass is 10.2. The van der Waals surface area contributed by atoms with E-state index in [0.717, 1.165) is 5.56 Å². The molecule has 0 heterocycles. The fourth-order valence-corrected chi connectivity index (χ4v) is 4.83. The van der Waals surface area contributed by atoms with Crippen LogP contribution in [0.15, 0.2) is 114 Å². The molecule has 178 valence electrons. The van der Waals surface area contributed by atoms with Gasteiger partial charge in [0.2, 0.25) is 0 Å². The van der Waals surface area contributed by atoms with E-state index in [1.54, 1.807) is 24.3 Å². The Bertz CT molecular complexity index is 1360. The zero-order valence-corrected chi connectivity index (χ0v) is 19.8. The summed E-state index contributed by atoms with van der Waals surface area (Å²) in [4.78, 5) is 11.5. The summed E-state index contributed by atoms with van der Waals surface area (Å²) in [5.41, 5.74) is 1.75. The van der Waals surface area contributed by atoms with E-state index in [9.17, 15) is 13.2 Å². The summed E-state index contributed by atoms with van der Waals surface area (Å²) in [5, 5.41) is 2.51. The fraction of sp³-hybridized carbons (Fsp3) is 0.0741. The maximum Gasteiger partial charge on any atom is 0.411 e. The van der Waals surface area contributed by atoms with Crippen molar-refractivity contribution in [3.05, 3.63) is 115 Å². The summed E-state index contributed by atoms with van der Waals surface area (Å²) in [6.45, 7) is 0.143. The summed E-state index contributed by atoms with van der Waals surface area (Å²) < 4.78 is 39.1. The fourth-order valence-electron chi connectivity index (χ4n) is 3.38. The number of carbonyl (C=O) groups excluding carboxylic acids is 1. The van der Waals surface area contributed by atoms with E-state index < -0.39 is 16.1 Å². The number of amides is 1. The van der Waals surface area contributed by atoms with Crippen LogP contribution in [0.3, 0.4) is 0 Å². The number of hydrogen-bond donors (Lipinski definition) is 1. The highest BCUT2D eigenvalue weighted by Crippen LogP contribution is 2.30. The molecule has 0 aliphatic carbocycles. The molecule has 0 aromatic heterocycles. The lowest BCUT2D eigenvalue weighted by Crippen LogP contribution is -2.30. The summed E-state index contributed by atoms with van der Waals surface area (Å²) >= 11 is 0. The number of methoxy groups -OCH3 is 1. The van der Waals surface area contributed by atoms with Crippen LogP contribution in [0, 0.1) is 0 Å². The number of hydrogen-bond acceptors (Lipinski definition) is 5. The molecule has 4 rings (SSSR count). The van der Waals surface area contributed by atoms with Gasteiger partial charge in [0.15, 0.2) is 0 Å². The number of para-hydroxylation sites is 1. The summed E-state index contributed by atoms with van der Waals surface area (Å²) in [6.07, 6.45) is -0.635. The van der Waals surface area contributed by atoms with Crippen LogP contribution in [0.1, 0.15) is 5.56 Å². The van der Waals surface area contributed by atoms with Crippen molar-refractivity contribution in [2.24, 2.45) is 0 Å². The second-order valence-electron chi connectivity index (χ2n) is 7.55. The number of sulfonamides is 1. The zero-order valence-electron chi connectivity index (χ0n) is 19.0. The quantitative estimate of drug-likeness (QED) is 0.326. The lowest BCUT2D eigenvalue weighted by Gasteiger charge is -2.25. The van der Waals surface area contributed by atoms with Crippen molar-refractivity contribution in [3.8, 4) is 11.5 Å². The number of benzene rings is 4. The Morgan fingerprint density at radius 3 is 1.94 bits per heavy atom. The Morgan fingerprint density at radius 1 is 0.771 bits per heavy atom. The maximum absolute atomic E-state index is 13.7. The van der Waals surface area contributed by atoms with Gasteiger partial charge in [-0.3, -0.25) is 9.62 Å². The van der Waals surface area contributed by atoms with Crippen molar-refractivity contribution in [2.45, 2.75) is 11.4 Å². The normalized spacial score (nSPS) is 10.9. The van der Waals surface area contributed by atoms with Crippen LogP contribution >= 0.6 is 0 Å². The van der Waals surface area contributed by atoms with Crippen molar-refractivity contribution in [1.82, 2.24) is 0 Å². The number of anilines is 2. The summed E-state index contributed by atoms with van der Waals surface area (Å²) in [7, 11) is -2.67. The molecular weight excluding hydrogens is 464 g/mol. The van der Waals surface area contributed by atoms with E-state index in [2.05, 4.69) is 10.1 Å². The van der Waals surface area contributed by atoms with Crippen LogP contribution in [0.2, 0.25) is 0 Å². The maximum atomic E-state index is 13.7. The highest BCUT2D eigenvalue weighted by molar-refractivity contribution is 7.92. The van der Waals surface area contributed by atoms with E-state index in [1.807, 2.05) is 60.7 Å². The number of carbonyl (C=O) groups is 1. The smallest absolute Gasteiger partial charge is 0.411 e. The molecular formula is C27H24N2O5S. The van der Waals surface area contributed by atoms with E-state index in [1.165, 1.54) is 35.7 Å². The molecule has 0 atom stereocenters. The first-order valence-corrected chi connectivity index (χ1v) is 12.2. The minimum atomic E-state index is -3.93. The zero-order chi connectivity index (χ0) is 24.7. The minimum Gasteiger partial charge on any atom is -0.457 e. The molecule has 7 nitrogen and oxygen atoms in total. The van der Waals surface area contributed by atoms with Gasteiger partial charge in [-0.05, 0) is 66.2 Å². The Hall–Kier alpha value is -4.30. The summed E-state index contributed by atoms with van der Waals surface area (Å²) in [5.74, 6) is 1.28. The first-order valence-electron chi connectivity index (χ1n) is 10.8. The molecule has 4 aromatic rings. The third-order valence-electron chi connectivity index (χ3n) is 5.15. The molecule has 0 saturated heterocycles. The first-order chi connectivity index (χ1) is 17.0. The van der Waals surface area contributed by atoms with Gasteiger partial charge >= 0.3 is 6.09 Å². The van der Waals surface area contributed by atoms with Gasteiger partial charge in [0.05, 0.1) is 24.2 Å². The van der Waals surface area contributed by atoms with E-state index in [0.29, 0.717) is 22.9 Å². The molecule has 0 saturated carbocycles. The first kappa shape index (κ1) is 23.8. The minimum absolute atomic E-state index is 0.0912. The van der Waals surface area contributed by atoms with Crippen molar-refractivity contribution >= 4 is 27.5 Å². The van der Waals surface area contributed by atoms with Gasteiger partial charge in [0.25, 0.3) is 10.0 Å². The third-order valence-corrected chi connectivity index (χ3v) is 6.93. The lowest BCUT2D eigenvalue weighted by molar-refractivity contribution is 0.187. The van der Waals surface area contributed by atoms with Gasteiger partial charge in [-0.2, -0.15) is 0 Å². The predicted molar refractivity (Wildman–Crippen MR) is 135 cm³/mol. The molecule has 0 spiro atoms. The van der Waals surface area contributed by atoms with E-state index >= 15 is 0 Å². The van der Waals surface area contributed by atoms with Gasteiger partial charge in [0, 0.05) is 5.69 Å². The molecule has 0 fully saturated rings. The van der Waals surface area contributed by atoms with Crippen molar-refractivity contribution in [1.29, 1.82) is 0 Å². The third kappa shape index (κ3) is 5.99. The van der Waals surface area contributed by atoms with Crippen molar-refractivity contribution in [2.75, 3.05) is 16.7 Å². The van der Waals surface area contributed by atoms with Gasteiger partial charge < -0.3 is 9.47 Å². The molecule has 0 unspecified atom stereocenters. The monoisotopic (exact) mass is 488 g/mol. The molecule has 1 N–H and O–H groups in total. The Morgan fingerprint density at radius 2 is 1.34 bits per heavy atom. The second-order valence-corrected chi connectivity index (χ2v) is 9.41. The molecule has 0 bridgehead atoms. The van der Waals surface area contributed by atoms with Gasteiger partial charge in [0.1, 0.15) is 11.5 Å². The molecule has 35 heavy (non-hydrogen) atoms. The van der Waals surface area contributed by atoms with Crippen LogP contribution < -0.4 is 14.4 Å². The average molecular weight is 489 g/mol. The largest absolute Gasteiger partial charge is 0.457 e. The topological polar surface area (TPSA) is 84.9 Å². The molecule has 0 aliphatic heterocycles. The Balaban J connectivity index is 1.64. The molecule has 1 amide bonds. The second kappa shape index (κ2) is 10.8. The standard InChI is InChI=1S/C27H24N2O5S/c1-33-27(30)28-22-12-18-26(19-13-22)35(31,32)29(20-21-8-4-2-5-9-21)23-14-16-25(17-15-23)34-24-10-6-3-7-11-24/h2-19H,20H2,1H3,(H,28,30). The van der Waals surface area contributed by atoms with Gasteiger partial charge in [-0.25, -0.2) is 13.2 Å². The van der Waals surface area contributed by atoms with Crippen LogP contribution in [0.25, 0.3) is 0 Å². The van der Waals surface area contributed by atoms with E-state index in [-0.39, 0.29) is 11.4 Å². The molecule has 8 heteroatoms. The highest BCUT2D eigenvalue weighted by atomic mass is 32.2.